The van der Waals surface area contributed by atoms with Crippen LogP contribution in [0.25, 0.3) is 0 Å². The van der Waals surface area contributed by atoms with E-state index in [-0.39, 0.29) is 6.04 Å². The minimum absolute atomic E-state index is 0.178. The Balaban J connectivity index is 1.83. The van der Waals surface area contributed by atoms with Crippen molar-refractivity contribution < 1.29 is 0 Å². The first kappa shape index (κ1) is 13.6. The predicted molar refractivity (Wildman–Crippen MR) is 80.7 cm³/mol. The van der Waals surface area contributed by atoms with E-state index in [1.54, 1.807) is 0 Å². The van der Waals surface area contributed by atoms with Gasteiger partial charge in [-0.05, 0) is 24.5 Å². The van der Waals surface area contributed by atoms with Crippen LogP contribution in [0.4, 0.5) is 0 Å². The average Bonchev–Trinajstić information content (AvgIpc) is 2.65. The number of rotatable bonds is 4. The maximum Gasteiger partial charge on any atom is 0.0847 e. The van der Waals surface area contributed by atoms with E-state index in [9.17, 15) is 0 Å². The number of nitrogens with one attached hydrogen (secondary N) is 1. The summed E-state index contributed by atoms with van der Waals surface area (Å²) in [5.41, 5.74) is 7.68. The van der Waals surface area contributed by atoms with E-state index in [2.05, 4.69) is 34.8 Å². The Morgan fingerprint density at radius 3 is 2.85 bits per heavy atom. The molecule has 2 unspecified atom stereocenters. The Morgan fingerprint density at radius 2 is 2.25 bits per heavy atom. The van der Waals surface area contributed by atoms with Crippen LogP contribution in [0.3, 0.4) is 0 Å². The predicted octanol–water partition coefficient (Wildman–Crippen LogP) is 2.10. The largest absolute Gasteiger partial charge is 0.271 e. The lowest BCUT2D eigenvalue weighted by atomic mass is 9.72. The summed E-state index contributed by atoms with van der Waals surface area (Å²) in [7, 11) is 1.93. The zero-order valence-corrected chi connectivity index (χ0v) is 12.5. The van der Waals surface area contributed by atoms with Crippen LogP contribution in [0, 0.1) is 6.92 Å². The van der Waals surface area contributed by atoms with Crippen molar-refractivity contribution >= 4 is 11.6 Å². The lowest BCUT2D eigenvalue weighted by molar-refractivity contribution is 0.396. The Bertz CT molecular complexity index is 635. The van der Waals surface area contributed by atoms with Crippen molar-refractivity contribution in [1.82, 2.24) is 15.2 Å². The van der Waals surface area contributed by atoms with Crippen LogP contribution < -0.4 is 11.3 Å². The SMILES string of the molecule is Cc1nn(C)c(CC(NN)C2Cc3ccccc32)c1Cl. The highest BCUT2D eigenvalue weighted by Gasteiger charge is 2.33. The molecule has 0 saturated carbocycles. The van der Waals surface area contributed by atoms with Crippen molar-refractivity contribution in [2.24, 2.45) is 12.9 Å². The second-order valence-electron chi connectivity index (χ2n) is 5.46. The normalized spacial score (nSPS) is 18.5. The first-order chi connectivity index (χ1) is 9.61. The van der Waals surface area contributed by atoms with E-state index < -0.39 is 0 Å². The third-order valence-electron chi connectivity index (χ3n) is 4.27. The van der Waals surface area contributed by atoms with E-state index in [4.69, 9.17) is 17.4 Å². The summed E-state index contributed by atoms with van der Waals surface area (Å²) in [6.45, 7) is 1.93. The van der Waals surface area contributed by atoms with Crippen LogP contribution in [-0.4, -0.2) is 15.8 Å². The summed E-state index contributed by atoms with van der Waals surface area (Å²) in [5, 5.41) is 5.11. The van der Waals surface area contributed by atoms with Gasteiger partial charge in [0.25, 0.3) is 0 Å². The summed E-state index contributed by atoms with van der Waals surface area (Å²) in [6, 6.07) is 8.71. The van der Waals surface area contributed by atoms with Crippen molar-refractivity contribution in [3.8, 4) is 0 Å². The molecule has 106 valence electrons. The molecular weight excluding hydrogens is 272 g/mol. The summed E-state index contributed by atoms with van der Waals surface area (Å²) >= 11 is 6.33. The van der Waals surface area contributed by atoms with Crippen molar-refractivity contribution in [2.75, 3.05) is 0 Å². The summed E-state index contributed by atoms with van der Waals surface area (Å²) in [4.78, 5) is 0. The highest BCUT2D eigenvalue weighted by Crippen LogP contribution is 2.38. The number of benzene rings is 1. The molecule has 20 heavy (non-hydrogen) atoms. The molecule has 0 amide bonds. The molecule has 4 nitrogen and oxygen atoms in total. The number of aromatic nitrogens is 2. The Hall–Kier alpha value is -1.36. The van der Waals surface area contributed by atoms with Gasteiger partial charge in [0, 0.05) is 25.4 Å². The zero-order valence-electron chi connectivity index (χ0n) is 11.7. The number of nitrogens with two attached hydrogens (primary N) is 1. The van der Waals surface area contributed by atoms with Crippen LogP contribution in [0.5, 0.6) is 0 Å². The molecule has 1 aromatic carbocycles. The molecule has 0 spiro atoms. The third-order valence-corrected chi connectivity index (χ3v) is 4.76. The molecule has 0 bridgehead atoms. The molecule has 1 aliphatic carbocycles. The highest BCUT2D eigenvalue weighted by atomic mass is 35.5. The monoisotopic (exact) mass is 290 g/mol. The molecule has 1 aromatic heterocycles. The summed E-state index contributed by atoms with van der Waals surface area (Å²) < 4.78 is 1.85. The fraction of sp³-hybridized carbons (Fsp3) is 0.400. The topological polar surface area (TPSA) is 55.9 Å². The second-order valence-corrected chi connectivity index (χ2v) is 5.83. The first-order valence-corrected chi connectivity index (χ1v) is 7.21. The maximum atomic E-state index is 6.33. The van der Waals surface area contributed by atoms with Gasteiger partial charge in [-0.15, -0.1) is 0 Å². The van der Waals surface area contributed by atoms with Crippen LogP contribution in [0.15, 0.2) is 24.3 Å². The van der Waals surface area contributed by atoms with E-state index in [1.165, 1.54) is 11.1 Å². The first-order valence-electron chi connectivity index (χ1n) is 6.83. The minimum Gasteiger partial charge on any atom is -0.271 e. The van der Waals surface area contributed by atoms with Crippen LogP contribution in [0.2, 0.25) is 5.02 Å². The lowest BCUT2D eigenvalue weighted by Gasteiger charge is -2.36. The molecule has 1 aliphatic rings. The molecule has 0 fully saturated rings. The summed E-state index contributed by atoms with van der Waals surface area (Å²) in [5.74, 6) is 6.22. The fourth-order valence-corrected chi connectivity index (χ4v) is 3.32. The molecule has 5 heteroatoms. The van der Waals surface area contributed by atoms with Crippen molar-refractivity contribution in [1.29, 1.82) is 0 Å². The number of hydrogen-bond donors (Lipinski definition) is 2. The molecule has 2 atom stereocenters. The van der Waals surface area contributed by atoms with Gasteiger partial charge in [0.2, 0.25) is 0 Å². The molecule has 2 aromatic rings. The standard InChI is InChI=1S/C15H19ClN4/c1-9-15(16)14(20(2)19-9)8-13(18-17)12-7-10-5-3-4-6-11(10)12/h3-6,12-13,18H,7-8,17H2,1-2H3. The molecule has 0 radical (unpaired) electrons. The van der Waals surface area contributed by atoms with Gasteiger partial charge in [0.15, 0.2) is 0 Å². The number of aryl methyl sites for hydroxylation is 2. The number of fused-ring (bicyclic) bond motifs is 1. The van der Waals surface area contributed by atoms with Crippen molar-refractivity contribution in [2.45, 2.75) is 31.7 Å². The summed E-state index contributed by atoms with van der Waals surface area (Å²) in [6.07, 6.45) is 1.85. The van der Waals surface area contributed by atoms with E-state index in [1.807, 2.05) is 18.7 Å². The zero-order chi connectivity index (χ0) is 14.3. The number of hydrazine groups is 1. The van der Waals surface area contributed by atoms with Gasteiger partial charge in [-0.25, -0.2) is 0 Å². The van der Waals surface area contributed by atoms with E-state index >= 15 is 0 Å². The van der Waals surface area contributed by atoms with Crippen molar-refractivity contribution in [3.63, 3.8) is 0 Å². The molecule has 3 N–H and O–H groups in total. The Labute approximate surface area is 123 Å². The second kappa shape index (κ2) is 5.20. The Morgan fingerprint density at radius 1 is 1.50 bits per heavy atom. The smallest absolute Gasteiger partial charge is 0.0847 e. The van der Waals surface area contributed by atoms with Gasteiger partial charge in [-0.2, -0.15) is 5.10 Å². The van der Waals surface area contributed by atoms with Crippen molar-refractivity contribution in [3.05, 3.63) is 51.8 Å². The highest BCUT2D eigenvalue weighted by molar-refractivity contribution is 6.31. The van der Waals surface area contributed by atoms with Gasteiger partial charge in [-0.1, -0.05) is 35.9 Å². The number of hydrogen-bond acceptors (Lipinski definition) is 3. The molecule has 0 saturated heterocycles. The maximum absolute atomic E-state index is 6.33. The van der Waals surface area contributed by atoms with Gasteiger partial charge < -0.3 is 0 Å². The van der Waals surface area contributed by atoms with Gasteiger partial charge in [0.05, 0.1) is 16.4 Å². The average molecular weight is 291 g/mol. The minimum atomic E-state index is 0.178. The van der Waals surface area contributed by atoms with Gasteiger partial charge in [-0.3, -0.25) is 16.0 Å². The van der Waals surface area contributed by atoms with Crippen LogP contribution in [0.1, 0.15) is 28.4 Å². The number of halogens is 1. The molecule has 1 heterocycles. The van der Waals surface area contributed by atoms with E-state index in [0.29, 0.717) is 5.92 Å². The molecular formula is C15H19ClN4. The molecule has 3 rings (SSSR count). The van der Waals surface area contributed by atoms with Crippen LogP contribution in [-0.2, 0) is 19.9 Å². The number of nitrogens with zero attached hydrogens (tertiary/aromatic N) is 2. The Kier molecular flexibility index (Phi) is 3.54. The van der Waals surface area contributed by atoms with E-state index in [0.717, 1.165) is 29.3 Å². The fourth-order valence-electron chi connectivity index (χ4n) is 3.08. The quantitative estimate of drug-likeness (QED) is 0.670. The van der Waals surface area contributed by atoms with Crippen LogP contribution >= 0.6 is 11.6 Å². The third kappa shape index (κ3) is 2.14. The lowest BCUT2D eigenvalue weighted by Crippen LogP contribution is -2.45. The van der Waals surface area contributed by atoms with Gasteiger partial charge >= 0.3 is 0 Å². The molecule has 0 aliphatic heterocycles. The van der Waals surface area contributed by atoms with Gasteiger partial charge in [0.1, 0.15) is 0 Å².